The van der Waals surface area contributed by atoms with Crippen molar-refractivity contribution in [1.29, 1.82) is 0 Å². The Morgan fingerprint density at radius 2 is 1.92 bits per heavy atom. The third kappa shape index (κ3) is 2.28. The number of aromatic amines is 1. The number of hydrogen-bond acceptors (Lipinski definition) is 3. The summed E-state index contributed by atoms with van der Waals surface area (Å²) >= 11 is 0. The highest BCUT2D eigenvalue weighted by atomic mass is 19.1. The summed E-state index contributed by atoms with van der Waals surface area (Å²) in [4.78, 5) is 19.8. The van der Waals surface area contributed by atoms with E-state index in [4.69, 9.17) is 0 Å². The number of fused-ring (bicyclic) bond motifs is 1. The lowest BCUT2D eigenvalue weighted by Crippen LogP contribution is -2.14. The average Bonchev–Trinajstić information content (AvgIpc) is 2.93. The minimum absolute atomic E-state index is 0.237. The zero-order valence-electron chi connectivity index (χ0n) is 12.8. The molecule has 3 heterocycles. The van der Waals surface area contributed by atoms with Gasteiger partial charge in [0.25, 0.3) is 5.56 Å². The van der Waals surface area contributed by atoms with Gasteiger partial charge in [0.2, 0.25) is 0 Å². The maximum Gasteiger partial charge on any atom is 0.274 e. The molecule has 4 rings (SSSR count). The molecule has 118 valence electrons. The molecule has 3 aromatic heterocycles. The van der Waals surface area contributed by atoms with Gasteiger partial charge in [-0.15, -0.1) is 0 Å². The van der Waals surface area contributed by atoms with E-state index in [1.54, 1.807) is 30.6 Å². The van der Waals surface area contributed by atoms with Crippen LogP contribution in [-0.4, -0.2) is 19.6 Å². The number of rotatable bonds is 2. The van der Waals surface area contributed by atoms with Crippen LogP contribution < -0.4 is 5.56 Å². The minimum Gasteiger partial charge on any atom is -0.339 e. The molecule has 0 fully saturated rings. The van der Waals surface area contributed by atoms with Crippen LogP contribution in [0.4, 0.5) is 4.39 Å². The molecule has 1 aromatic carbocycles. The van der Waals surface area contributed by atoms with Crippen LogP contribution in [0.2, 0.25) is 0 Å². The Morgan fingerprint density at radius 1 is 1.12 bits per heavy atom. The standard InChI is InChI=1S/C18H13FN4O/c1-11-17(12-4-6-14(19)7-5-12)18-21-15(9-16(24)23(18)22-11)13-3-2-8-20-10-13/h2-10,21H,1H3. The van der Waals surface area contributed by atoms with E-state index in [-0.39, 0.29) is 11.4 Å². The van der Waals surface area contributed by atoms with Crippen LogP contribution in [-0.2, 0) is 0 Å². The zero-order valence-corrected chi connectivity index (χ0v) is 12.8. The van der Waals surface area contributed by atoms with Crippen LogP contribution in [0.5, 0.6) is 0 Å². The number of halogens is 1. The van der Waals surface area contributed by atoms with Gasteiger partial charge < -0.3 is 4.98 Å². The Kier molecular flexibility index (Phi) is 3.23. The summed E-state index contributed by atoms with van der Waals surface area (Å²) < 4.78 is 14.5. The van der Waals surface area contributed by atoms with Crippen molar-refractivity contribution in [2.24, 2.45) is 0 Å². The number of aromatic nitrogens is 4. The zero-order chi connectivity index (χ0) is 16.7. The summed E-state index contributed by atoms with van der Waals surface area (Å²) in [6, 6.07) is 11.3. The molecular weight excluding hydrogens is 307 g/mol. The van der Waals surface area contributed by atoms with E-state index in [9.17, 15) is 9.18 Å². The van der Waals surface area contributed by atoms with Crippen molar-refractivity contribution in [2.45, 2.75) is 6.92 Å². The van der Waals surface area contributed by atoms with Crippen LogP contribution >= 0.6 is 0 Å². The predicted octanol–water partition coefficient (Wildman–Crippen LogP) is 3.20. The van der Waals surface area contributed by atoms with E-state index < -0.39 is 0 Å². The third-order valence-electron chi connectivity index (χ3n) is 3.90. The number of benzene rings is 1. The van der Waals surface area contributed by atoms with Crippen molar-refractivity contribution in [1.82, 2.24) is 19.6 Å². The van der Waals surface area contributed by atoms with Gasteiger partial charge in [-0.1, -0.05) is 12.1 Å². The van der Waals surface area contributed by atoms with Gasteiger partial charge in [-0.3, -0.25) is 9.78 Å². The Hall–Kier alpha value is -3.28. The maximum atomic E-state index is 13.2. The molecule has 0 aliphatic rings. The highest BCUT2D eigenvalue weighted by Gasteiger charge is 2.15. The van der Waals surface area contributed by atoms with E-state index in [2.05, 4.69) is 15.1 Å². The first-order chi connectivity index (χ1) is 11.6. The molecule has 0 spiro atoms. The van der Waals surface area contributed by atoms with E-state index >= 15 is 0 Å². The largest absolute Gasteiger partial charge is 0.339 e. The summed E-state index contributed by atoms with van der Waals surface area (Å²) in [6.07, 6.45) is 3.36. The number of H-pyrrole nitrogens is 1. The summed E-state index contributed by atoms with van der Waals surface area (Å²) in [6.45, 7) is 1.82. The first-order valence-corrected chi connectivity index (χ1v) is 7.42. The Morgan fingerprint density at radius 3 is 2.62 bits per heavy atom. The lowest BCUT2D eigenvalue weighted by atomic mass is 10.1. The number of nitrogens with zero attached hydrogens (tertiary/aromatic N) is 3. The normalized spacial score (nSPS) is 11.1. The van der Waals surface area contributed by atoms with Gasteiger partial charge in [-0.05, 0) is 36.8 Å². The van der Waals surface area contributed by atoms with Crippen LogP contribution in [0, 0.1) is 12.7 Å². The van der Waals surface area contributed by atoms with Gasteiger partial charge in [0.05, 0.1) is 11.4 Å². The van der Waals surface area contributed by atoms with Crippen LogP contribution in [0.1, 0.15) is 5.69 Å². The van der Waals surface area contributed by atoms with Crippen molar-refractivity contribution in [3.63, 3.8) is 0 Å². The van der Waals surface area contributed by atoms with Gasteiger partial charge in [0.15, 0.2) is 0 Å². The van der Waals surface area contributed by atoms with Gasteiger partial charge in [-0.25, -0.2) is 4.39 Å². The molecule has 5 nitrogen and oxygen atoms in total. The van der Waals surface area contributed by atoms with Crippen molar-refractivity contribution < 1.29 is 4.39 Å². The second kappa shape index (κ2) is 5.42. The van der Waals surface area contributed by atoms with Crippen LogP contribution in [0.3, 0.4) is 0 Å². The van der Waals surface area contributed by atoms with Crippen LogP contribution in [0.25, 0.3) is 28.0 Å². The highest BCUT2D eigenvalue weighted by molar-refractivity contribution is 5.80. The van der Waals surface area contributed by atoms with E-state index in [0.29, 0.717) is 17.0 Å². The molecule has 6 heteroatoms. The second-order valence-corrected chi connectivity index (χ2v) is 5.49. The van der Waals surface area contributed by atoms with Gasteiger partial charge in [-0.2, -0.15) is 9.61 Å². The number of aryl methyl sites for hydroxylation is 1. The molecule has 0 aliphatic carbocycles. The Bertz CT molecular complexity index is 1080. The number of nitrogens with one attached hydrogen (secondary N) is 1. The smallest absolute Gasteiger partial charge is 0.274 e. The fourth-order valence-electron chi connectivity index (χ4n) is 2.79. The molecular formula is C18H13FN4O. The van der Waals surface area contributed by atoms with E-state index in [0.717, 1.165) is 16.7 Å². The minimum atomic E-state index is -0.308. The fraction of sp³-hybridized carbons (Fsp3) is 0.0556. The Balaban J connectivity index is 2.01. The molecule has 1 N–H and O–H groups in total. The quantitative estimate of drug-likeness (QED) is 0.617. The summed E-state index contributed by atoms with van der Waals surface area (Å²) in [5, 5.41) is 4.31. The number of hydrogen-bond donors (Lipinski definition) is 1. The SMILES string of the molecule is Cc1nn2c(=O)cc(-c3cccnc3)[nH]c2c1-c1ccc(F)cc1. The van der Waals surface area contributed by atoms with Crippen LogP contribution in [0.15, 0.2) is 59.7 Å². The van der Waals surface area contributed by atoms with Gasteiger partial charge in [0.1, 0.15) is 11.5 Å². The van der Waals surface area contributed by atoms with Crippen molar-refractivity contribution in [2.75, 3.05) is 0 Å². The molecule has 0 amide bonds. The topological polar surface area (TPSA) is 63.1 Å². The summed E-state index contributed by atoms with van der Waals surface area (Å²) in [7, 11) is 0. The lowest BCUT2D eigenvalue weighted by Gasteiger charge is -2.05. The van der Waals surface area contributed by atoms with E-state index in [1.807, 2.05) is 13.0 Å². The third-order valence-corrected chi connectivity index (χ3v) is 3.90. The van der Waals surface area contributed by atoms with Gasteiger partial charge in [0, 0.05) is 29.6 Å². The molecule has 0 bridgehead atoms. The van der Waals surface area contributed by atoms with Gasteiger partial charge >= 0.3 is 0 Å². The second-order valence-electron chi connectivity index (χ2n) is 5.49. The lowest BCUT2D eigenvalue weighted by molar-refractivity contribution is 0.628. The molecule has 0 saturated heterocycles. The average molecular weight is 320 g/mol. The molecule has 0 atom stereocenters. The molecule has 0 radical (unpaired) electrons. The molecule has 0 aliphatic heterocycles. The van der Waals surface area contributed by atoms with Crippen molar-refractivity contribution >= 4 is 5.65 Å². The predicted molar refractivity (Wildman–Crippen MR) is 89.2 cm³/mol. The molecule has 0 unspecified atom stereocenters. The maximum absolute atomic E-state index is 13.2. The molecule has 4 aromatic rings. The molecule has 0 saturated carbocycles. The highest BCUT2D eigenvalue weighted by Crippen LogP contribution is 2.27. The van der Waals surface area contributed by atoms with E-state index in [1.165, 1.54) is 22.7 Å². The van der Waals surface area contributed by atoms with Crippen molar-refractivity contribution in [3.8, 4) is 22.4 Å². The number of pyridine rings is 1. The summed E-state index contributed by atoms with van der Waals surface area (Å²) in [5.41, 5.74) is 4.06. The van der Waals surface area contributed by atoms with Crippen molar-refractivity contribution in [3.05, 3.63) is 76.7 Å². The fourth-order valence-corrected chi connectivity index (χ4v) is 2.79. The monoisotopic (exact) mass is 320 g/mol. The molecule has 24 heavy (non-hydrogen) atoms. The summed E-state index contributed by atoms with van der Waals surface area (Å²) in [5.74, 6) is -0.308. The first-order valence-electron chi connectivity index (χ1n) is 7.42. The Labute approximate surface area is 136 Å². The first kappa shape index (κ1) is 14.3.